The Morgan fingerprint density at radius 3 is 2.69 bits per heavy atom. The largest absolute Gasteiger partial charge is 0.388 e. The molecule has 0 saturated carbocycles. The van der Waals surface area contributed by atoms with Crippen molar-refractivity contribution in [2.75, 3.05) is 12.4 Å². The van der Waals surface area contributed by atoms with Crippen LogP contribution in [0.25, 0.3) is 0 Å². The smallest absolute Gasteiger partial charge is 0.0340 e. The van der Waals surface area contributed by atoms with Crippen LogP contribution in [0.2, 0.25) is 0 Å². The molecule has 0 aromatic heterocycles. The van der Waals surface area contributed by atoms with Gasteiger partial charge in [0, 0.05) is 12.7 Å². The van der Waals surface area contributed by atoms with Crippen LogP contribution in [0.1, 0.15) is 18.1 Å². The van der Waals surface area contributed by atoms with Gasteiger partial charge in [0.05, 0.1) is 0 Å². The molecule has 1 aromatic carbocycles. The summed E-state index contributed by atoms with van der Waals surface area (Å²) in [4.78, 5) is 0. The molecule has 0 heterocycles. The van der Waals surface area contributed by atoms with Gasteiger partial charge in [0.15, 0.2) is 0 Å². The van der Waals surface area contributed by atoms with Crippen LogP contribution in [0.5, 0.6) is 0 Å². The Morgan fingerprint density at radius 1 is 1.46 bits per heavy atom. The molecule has 1 rings (SSSR count). The molecule has 0 unspecified atom stereocenters. The van der Waals surface area contributed by atoms with E-state index in [9.17, 15) is 0 Å². The normalized spacial score (nSPS) is 9.77. The Bertz CT molecular complexity index is 313. The van der Waals surface area contributed by atoms with Crippen molar-refractivity contribution in [2.45, 2.75) is 20.3 Å². The molecule has 1 N–H and O–H groups in total. The third-order valence-electron chi connectivity index (χ3n) is 2.13. The Morgan fingerprint density at radius 2 is 2.15 bits per heavy atom. The second-order valence-electron chi connectivity index (χ2n) is 3.53. The van der Waals surface area contributed by atoms with Crippen LogP contribution in [-0.2, 0) is 6.42 Å². The Labute approximate surface area is 80.5 Å². The zero-order chi connectivity index (χ0) is 9.84. The predicted octanol–water partition coefficient (Wildman–Crippen LogP) is 3.16. The first-order chi connectivity index (χ1) is 6.13. The number of aryl methyl sites for hydroxylation is 1. The molecule has 1 aromatic rings. The van der Waals surface area contributed by atoms with Crippen LogP contribution in [0, 0.1) is 6.92 Å². The van der Waals surface area contributed by atoms with Gasteiger partial charge in [-0.05, 0) is 43.5 Å². The molecular weight excluding hydrogens is 158 g/mol. The average molecular weight is 175 g/mol. The number of hydrogen-bond donors (Lipinski definition) is 1. The number of benzene rings is 1. The molecule has 0 bridgehead atoms. The molecule has 0 aliphatic carbocycles. The summed E-state index contributed by atoms with van der Waals surface area (Å²) >= 11 is 0. The molecule has 0 aliphatic rings. The molecule has 0 radical (unpaired) electrons. The first kappa shape index (κ1) is 9.85. The lowest BCUT2D eigenvalue weighted by molar-refractivity contribution is 1.12. The molecule has 0 atom stereocenters. The van der Waals surface area contributed by atoms with E-state index in [1.165, 1.54) is 22.4 Å². The summed E-state index contributed by atoms with van der Waals surface area (Å²) in [5.41, 5.74) is 5.07. The number of hydrogen-bond acceptors (Lipinski definition) is 1. The molecule has 0 spiro atoms. The summed E-state index contributed by atoms with van der Waals surface area (Å²) in [6, 6.07) is 6.42. The first-order valence-corrected chi connectivity index (χ1v) is 4.55. The van der Waals surface area contributed by atoms with Gasteiger partial charge in [0.1, 0.15) is 0 Å². The van der Waals surface area contributed by atoms with E-state index in [1.807, 2.05) is 7.05 Å². The van der Waals surface area contributed by atoms with E-state index in [0.717, 1.165) is 6.42 Å². The van der Waals surface area contributed by atoms with Crippen molar-refractivity contribution < 1.29 is 0 Å². The van der Waals surface area contributed by atoms with Crippen molar-refractivity contribution >= 4 is 5.69 Å². The van der Waals surface area contributed by atoms with Gasteiger partial charge in [-0.2, -0.15) is 0 Å². The van der Waals surface area contributed by atoms with Crippen molar-refractivity contribution in [3.8, 4) is 0 Å². The summed E-state index contributed by atoms with van der Waals surface area (Å²) in [6.45, 7) is 8.12. The van der Waals surface area contributed by atoms with Crippen molar-refractivity contribution in [2.24, 2.45) is 0 Å². The van der Waals surface area contributed by atoms with Gasteiger partial charge in [0.25, 0.3) is 0 Å². The molecule has 1 nitrogen and oxygen atoms in total. The van der Waals surface area contributed by atoms with E-state index in [0.29, 0.717) is 0 Å². The van der Waals surface area contributed by atoms with E-state index < -0.39 is 0 Å². The van der Waals surface area contributed by atoms with Crippen LogP contribution in [0.3, 0.4) is 0 Å². The van der Waals surface area contributed by atoms with Gasteiger partial charge < -0.3 is 5.32 Å². The summed E-state index contributed by atoms with van der Waals surface area (Å²) < 4.78 is 0. The minimum absolute atomic E-state index is 0.974. The SMILES string of the molecule is C=C(C)Cc1cc(NC)ccc1C. The second-order valence-corrected chi connectivity index (χ2v) is 3.53. The van der Waals surface area contributed by atoms with Crippen LogP contribution < -0.4 is 5.32 Å². The standard InChI is InChI=1S/C12H17N/c1-9(2)7-11-8-12(13-4)6-5-10(11)3/h5-6,8,13H,1,7H2,2-4H3. The Hall–Kier alpha value is -1.24. The lowest BCUT2D eigenvalue weighted by Crippen LogP contribution is -1.94. The molecule has 1 heteroatoms. The lowest BCUT2D eigenvalue weighted by Gasteiger charge is -2.08. The maximum absolute atomic E-state index is 3.93. The number of nitrogens with one attached hydrogen (secondary N) is 1. The predicted molar refractivity (Wildman–Crippen MR) is 59.2 cm³/mol. The van der Waals surface area contributed by atoms with Gasteiger partial charge in [0.2, 0.25) is 0 Å². The zero-order valence-corrected chi connectivity index (χ0v) is 8.65. The van der Waals surface area contributed by atoms with E-state index in [-0.39, 0.29) is 0 Å². The maximum Gasteiger partial charge on any atom is 0.0340 e. The van der Waals surface area contributed by atoms with E-state index in [2.05, 4.69) is 43.9 Å². The third kappa shape index (κ3) is 2.62. The molecule has 13 heavy (non-hydrogen) atoms. The molecular formula is C12H17N. The van der Waals surface area contributed by atoms with E-state index >= 15 is 0 Å². The monoisotopic (exact) mass is 175 g/mol. The van der Waals surface area contributed by atoms with Gasteiger partial charge in [-0.3, -0.25) is 0 Å². The zero-order valence-electron chi connectivity index (χ0n) is 8.65. The third-order valence-corrected chi connectivity index (χ3v) is 2.13. The second kappa shape index (κ2) is 4.13. The molecule has 70 valence electrons. The lowest BCUT2D eigenvalue weighted by atomic mass is 10.0. The highest BCUT2D eigenvalue weighted by atomic mass is 14.8. The van der Waals surface area contributed by atoms with Gasteiger partial charge in [-0.1, -0.05) is 18.2 Å². The number of allylic oxidation sites excluding steroid dienone is 1. The quantitative estimate of drug-likeness (QED) is 0.696. The number of anilines is 1. The fourth-order valence-electron chi connectivity index (χ4n) is 1.34. The van der Waals surface area contributed by atoms with Crippen LogP contribution in [-0.4, -0.2) is 7.05 Å². The van der Waals surface area contributed by atoms with Crippen molar-refractivity contribution in [1.82, 2.24) is 0 Å². The van der Waals surface area contributed by atoms with Gasteiger partial charge >= 0.3 is 0 Å². The molecule has 0 fully saturated rings. The van der Waals surface area contributed by atoms with Crippen molar-refractivity contribution in [3.05, 3.63) is 41.5 Å². The summed E-state index contributed by atoms with van der Waals surface area (Å²) in [5.74, 6) is 0. The fraction of sp³-hybridized carbons (Fsp3) is 0.333. The van der Waals surface area contributed by atoms with E-state index in [1.54, 1.807) is 0 Å². The molecule has 0 saturated heterocycles. The molecule has 0 amide bonds. The Kier molecular flexibility index (Phi) is 3.13. The minimum Gasteiger partial charge on any atom is -0.388 e. The molecule has 0 aliphatic heterocycles. The highest BCUT2D eigenvalue weighted by Crippen LogP contribution is 2.17. The topological polar surface area (TPSA) is 12.0 Å². The fourth-order valence-corrected chi connectivity index (χ4v) is 1.34. The minimum atomic E-state index is 0.974. The van der Waals surface area contributed by atoms with Crippen LogP contribution >= 0.6 is 0 Å². The Balaban J connectivity index is 2.96. The van der Waals surface area contributed by atoms with Crippen molar-refractivity contribution in [1.29, 1.82) is 0 Å². The highest BCUT2D eigenvalue weighted by Gasteiger charge is 1.99. The first-order valence-electron chi connectivity index (χ1n) is 4.55. The van der Waals surface area contributed by atoms with Gasteiger partial charge in [-0.25, -0.2) is 0 Å². The number of rotatable bonds is 3. The van der Waals surface area contributed by atoms with E-state index in [4.69, 9.17) is 0 Å². The van der Waals surface area contributed by atoms with Gasteiger partial charge in [-0.15, -0.1) is 0 Å². The average Bonchev–Trinajstić information content (AvgIpc) is 2.08. The maximum atomic E-state index is 3.93. The van der Waals surface area contributed by atoms with Crippen LogP contribution in [0.4, 0.5) is 5.69 Å². The summed E-state index contributed by atoms with van der Waals surface area (Å²) in [6.07, 6.45) is 0.974. The van der Waals surface area contributed by atoms with Crippen molar-refractivity contribution in [3.63, 3.8) is 0 Å². The summed E-state index contributed by atoms with van der Waals surface area (Å²) in [5, 5.41) is 3.14. The van der Waals surface area contributed by atoms with Crippen LogP contribution in [0.15, 0.2) is 30.4 Å². The summed E-state index contributed by atoms with van der Waals surface area (Å²) in [7, 11) is 1.94. The highest BCUT2D eigenvalue weighted by molar-refractivity contribution is 5.48.